The third-order valence-corrected chi connectivity index (χ3v) is 4.71. The van der Waals surface area contributed by atoms with E-state index in [2.05, 4.69) is 31.4 Å². The molecule has 33 heavy (non-hydrogen) atoms. The fraction of sp³-hybridized carbons (Fsp3) is 0.200. The highest BCUT2D eigenvalue weighted by atomic mass is 19.4. The zero-order valence-electron chi connectivity index (χ0n) is 17.0. The monoisotopic (exact) mass is 457 g/mol. The van der Waals surface area contributed by atoms with E-state index < -0.39 is 24.4 Å². The standard InChI is InChI=1S/C20H15F4N9/c1-11-12(7-25)3-2-4-14(11)19-27-17(16(21)18(26)28-19)15-9-33(31-29-15)8-13-5-6-32(30-13)10-20(22,23)24/h2-6,9H,8,10H2,1H3,(H2,26,27,28). The van der Waals surface area contributed by atoms with Gasteiger partial charge >= 0.3 is 6.18 Å². The van der Waals surface area contributed by atoms with Gasteiger partial charge in [-0.25, -0.2) is 19.0 Å². The van der Waals surface area contributed by atoms with E-state index in [0.29, 0.717) is 22.4 Å². The van der Waals surface area contributed by atoms with E-state index in [4.69, 9.17) is 5.73 Å². The van der Waals surface area contributed by atoms with Crippen LogP contribution in [0, 0.1) is 24.1 Å². The molecule has 13 heteroatoms. The predicted molar refractivity (Wildman–Crippen MR) is 108 cm³/mol. The minimum absolute atomic E-state index is 0.0101. The normalized spacial score (nSPS) is 11.5. The summed E-state index contributed by atoms with van der Waals surface area (Å²) in [4.78, 5) is 8.23. The maximum absolute atomic E-state index is 14.7. The number of rotatable bonds is 5. The Morgan fingerprint density at radius 3 is 2.67 bits per heavy atom. The summed E-state index contributed by atoms with van der Waals surface area (Å²) in [6.07, 6.45) is -1.82. The number of nitrogen functional groups attached to an aromatic ring is 1. The third-order valence-electron chi connectivity index (χ3n) is 4.71. The van der Waals surface area contributed by atoms with E-state index in [1.54, 1.807) is 25.1 Å². The molecule has 4 aromatic rings. The molecule has 3 heterocycles. The lowest BCUT2D eigenvalue weighted by molar-refractivity contribution is -0.142. The molecule has 0 spiro atoms. The second-order valence-corrected chi connectivity index (χ2v) is 7.11. The third kappa shape index (κ3) is 4.64. The molecule has 0 radical (unpaired) electrons. The number of anilines is 1. The molecule has 0 aliphatic carbocycles. The van der Waals surface area contributed by atoms with Gasteiger partial charge in [0.1, 0.15) is 17.9 Å². The van der Waals surface area contributed by atoms with Crippen molar-refractivity contribution in [2.75, 3.05) is 5.73 Å². The number of halogens is 4. The van der Waals surface area contributed by atoms with Crippen LogP contribution in [0.4, 0.5) is 23.4 Å². The van der Waals surface area contributed by atoms with E-state index in [0.717, 1.165) is 4.68 Å². The van der Waals surface area contributed by atoms with Gasteiger partial charge in [0.05, 0.1) is 30.1 Å². The molecular weight excluding hydrogens is 442 g/mol. The molecule has 2 N–H and O–H groups in total. The van der Waals surface area contributed by atoms with E-state index in [1.807, 2.05) is 0 Å². The minimum atomic E-state index is -4.39. The van der Waals surface area contributed by atoms with Crippen LogP contribution in [0.15, 0.2) is 36.7 Å². The lowest BCUT2D eigenvalue weighted by atomic mass is 10.0. The van der Waals surface area contributed by atoms with Crippen molar-refractivity contribution in [3.8, 4) is 28.8 Å². The maximum atomic E-state index is 14.7. The Balaban J connectivity index is 1.64. The lowest BCUT2D eigenvalue weighted by Crippen LogP contribution is -2.18. The Bertz CT molecular complexity index is 1360. The Morgan fingerprint density at radius 1 is 1.15 bits per heavy atom. The second kappa shape index (κ2) is 8.30. The number of alkyl halides is 3. The van der Waals surface area contributed by atoms with Crippen molar-refractivity contribution in [3.05, 3.63) is 59.3 Å². The molecule has 0 bridgehead atoms. The predicted octanol–water partition coefficient (Wildman–Crippen LogP) is 3.11. The first kappa shape index (κ1) is 21.9. The molecule has 0 aliphatic heterocycles. The van der Waals surface area contributed by atoms with Crippen LogP contribution in [0.1, 0.15) is 16.8 Å². The highest BCUT2D eigenvalue weighted by Crippen LogP contribution is 2.28. The van der Waals surface area contributed by atoms with Crippen LogP contribution >= 0.6 is 0 Å². The van der Waals surface area contributed by atoms with Crippen LogP contribution < -0.4 is 5.73 Å². The fourth-order valence-corrected chi connectivity index (χ4v) is 3.16. The molecule has 0 amide bonds. The molecule has 168 valence electrons. The van der Waals surface area contributed by atoms with Crippen molar-refractivity contribution in [1.29, 1.82) is 5.26 Å². The van der Waals surface area contributed by atoms with Crippen molar-refractivity contribution in [2.24, 2.45) is 0 Å². The molecule has 0 aliphatic rings. The highest BCUT2D eigenvalue weighted by Gasteiger charge is 2.28. The van der Waals surface area contributed by atoms with Gasteiger partial charge in [-0.3, -0.25) is 4.68 Å². The molecule has 0 saturated carbocycles. The molecular formula is C20H15F4N9. The van der Waals surface area contributed by atoms with E-state index >= 15 is 0 Å². The summed E-state index contributed by atoms with van der Waals surface area (Å²) in [5.41, 5.74) is 7.43. The average Bonchev–Trinajstić information content (AvgIpc) is 3.38. The van der Waals surface area contributed by atoms with Crippen LogP contribution in [0.3, 0.4) is 0 Å². The number of nitrogens with two attached hydrogens (primary N) is 1. The molecule has 1 aromatic carbocycles. The van der Waals surface area contributed by atoms with E-state index in [-0.39, 0.29) is 23.8 Å². The van der Waals surface area contributed by atoms with Gasteiger partial charge in [-0.1, -0.05) is 17.3 Å². The highest BCUT2D eigenvalue weighted by molar-refractivity contribution is 5.69. The Kier molecular flexibility index (Phi) is 5.50. The largest absolute Gasteiger partial charge is 0.408 e. The molecule has 0 unspecified atom stereocenters. The van der Waals surface area contributed by atoms with Gasteiger partial charge in [-0.05, 0) is 24.6 Å². The molecule has 9 nitrogen and oxygen atoms in total. The van der Waals surface area contributed by atoms with Gasteiger partial charge < -0.3 is 5.73 Å². The number of nitrogens with zero attached hydrogens (tertiary/aromatic N) is 8. The second-order valence-electron chi connectivity index (χ2n) is 7.11. The van der Waals surface area contributed by atoms with Gasteiger partial charge in [0, 0.05) is 11.8 Å². The number of nitriles is 1. The maximum Gasteiger partial charge on any atom is 0.408 e. The number of aromatic nitrogens is 7. The van der Waals surface area contributed by atoms with Gasteiger partial charge in [-0.2, -0.15) is 23.5 Å². The van der Waals surface area contributed by atoms with Crippen molar-refractivity contribution in [1.82, 2.24) is 34.7 Å². The number of hydrogen-bond donors (Lipinski definition) is 1. The number of hydrogen-bond acceptors (Lipinski definition) is 7. The molecule has 4 rings (SSSR count). The summed E-state index contributed by atoms with van der Waals surface area (Å²) >= 11 is 0. The molecule has 0 fully saturated rings. The summed E-state index contributed by atoms with van der Waals surface area (Å²) in [5, 5.41) is 20.9. The van der Waals surface area contributed by atoms with Crippen LogP contribution in [-0.4, -0.2) is 40.9 Å². The van der Waals surface area contributed by atoms with Crippen LogP contribution in [0.25, 0.3) is 22.8 Å². The molecule has 3 aromatic heterocycles. The van der Waals surface area contributed by atoms with Crippen molar-refractivity contribution in [3.63, 3.8) is 0 Å². The summed E-state index contributed by atoms with van der Waals surface area (Å²) in [6, 6.07) is 8.44. The zero-order chi connectivity index (χ0) is 23.8. The quantitative estimate of drug-likeness (QED) is 0.457. The number of benzene rings is 1. The average molecular weight is 457 g/mol. The van der Waals surface area contributed by atoms with Crippen molar-refractivity contribution in [2.45, 2.75) is 26.2 Å². The molecule has 0 saturated heterocycles. The van der Waals surface area contributed by atoms with Crippen LogP contribution in [0.5, 0.6) is 0 Å². The Labute approximate surface area is 184 Å². The first-order valence-electron chi connectivity index (χ1n) is 9.47. The SMILES string of the molecule is Cc1c(C#N)cccc1-c1nc(N)c(F)c(-c2cn(Cc3ccn(CC(F)(F)F)n3)nn2)n1. The van der Waals surface area contributed by atoms with Gasteiger partial charge in [0.2, 0.25) is 0 Å². The Morgan fingerprint density at radius 2 is 1.94 bits per heavy atom. The van der Waals surface area contributed by atoms with E-state index in [1.165, 1.54) is 23.1 Å². The first-order valence-corrected chi connectivity index (χ1v) is 9.47. The summed E-state index contributed by atoms with van der Waals surface area (Å²) in [7, 11) is 0. The van der Waals surface area contributed by atoms with Crippen LogP contribution in [-0.2, 0) is 13.1 Å². The first-order chi connectivity index (χ1) is 15.6. The summed E-state index contributed by atoms with van der Waals surface area (Å²) < 4.78 is 54.3. The van der Waals surface area contributed by atoms with Crippen molar-refractivity contribution < 1.29 is 17.6 Å². The summed E-state index contributed by atoms with van der Waals surface area (Å²) in [6.45, 7) is 0.511. The zero-order valence-corrected chi connectivity index (χ0v) is 17.0. The lowest BCUT2D eigenvalue weighted by Gasteiger charge is -2.09. The van der Waals surface area contributed by atoms with Crippen molar-refractivity contribution >= 4 is 5.82 Å². The van der Waals surface area contributed by atoms with Crippen LogP contribution in [0.2, 0.25) is 0 Å². The topological polar surface area (TPSA) is 124 Å². The van der Waals surface area contributed by atoms with E-state index in [9.17, 15) is 22.8 Å². The van der Waals surface area contributed by atoms with Gasteiger partial charge in [0.25, 0.3) is 0 Å². The van der Waals surface area contributed by atoms with Gasteiger partial charge in [0.15, 0.2) is 17.5 Å². The fourth-order valence-electron chi connectivity index (χ4n) is 3.16. The summed E-state index contributed by atoms with van der Waals surface area (Å²) in [5.74, 6) is -1.19. The molecule has 0 atom stereocenters. The van der Waals surface area contributed by atoms with Gasteiger partial charge in [-0.15, -0.1) is 5.10 Å². The Hall–Kier alpha value is -4.34. The minimum Gasteiger partial charge on any atom is -0.381 e. The smallest absolute Gasteiger partial charge is 0.381 e.